The Morgan fingerprint density at radius 3 is 3.19 bits per heavy atom. The average molecular weight is 224 g/mol. The van der Waals surface area contributed by atoms with Gasteiger partial charge in [0.1, 0.15) is 5.82 Å². The van der Waals surface area contributed by atoms with E-state index >= 15 is 0 Å². The second-order valence-electron chi connectivity index (χ2n) is 4.02. The molecule has 1 unspecified atom stereocenters. The minimum absolute atomic E-state index is 0.194. The fourth-order valence-electron chi connectivity index (χ4n) is 1.97. The van der Waals surface area contributed by atoms with Gasteiger partial charge in [0.05, 0.1) is 11.4 Å². The summed E-state index contributed by atoms with van der Waals surface area (Å²) in [7, 11) is 1.71. The van der Waals surface area contributed by atoms with Crippen molar-refractivity contribution >= 4 is 11.4 Å². The first kappa shape index (κ1) is 11.2. The first-order valence-electron chi connectivity index (χ1n) is 5.59. The predicted molar refractivity (Wildman–Crippen MR) is 63.4 cm³/mol. The Kier molecular flexibility index (Phi) is 3.62. The van der Waals surface area contributed by atoms with Crippen LogP contribution in [0.15, 0.2) is 18.2 Å². The Balaban J connectivity index is 1.96. The highest BCUT2D eigenvalue weighted by Gasteiger charge is 2.18. The molecule has 0 amide bonds. The van der Waals surface area contributed by atoms with Crippen LogP contribution < -0.4 is 10.6 Å². The van der Waals surface area contributed by atoms with Crippen molar-refractivity contribution in [2.75, 3.05) is 30.9 Å². The van der Waals surface area contributed by atoms with Crippen molar-refractivity contribution in [2.24, 2.45) is 0 Å². The highest BCUT2D eigenvalue weighted by Crippen LogP contribution is 2.29. The maximum absolute atomic E-state index is 13.4. The number of benzene rings is 1. The molecule has 3 nitrogen and oxygen atoms in total. The first-order valence-corrected chi connectivity index (χ1v) is 5.59. The van der Waals surface area contributed by atoms with E-state index < -0.39 is 0 Å². The lowest BCUT2D eigenvalue weighted by atomic mass is 10.1. The SMILES string of the molecule is COCCCC1CNc2c(F)cccc2N1. The number of hydrogen-bond donors (Lipinski definition) is 2. The second-order valence-corrected chi connectivity index (χ2v) is 4.02. The van der Waals surface area contributed by atoms with Gasteiger partial charge in [0.2, 0.25) is 0 Å². The number of anilines is 2. The van der Waals surface area contributed by atoms with E-state index in [1.165, 1.54) is 6.07 Å². The summed E-state index contributed by atoms with van der Waals surface area (Å²) >= 11 is 0. The Morgan fingerprint density at radius 2 is 2.38 bits per heavy atom. The summed E-state index contributed by atoms with van der Waals surface area (Å²) < 4.78 is 18.4. The van der Waals surface area contributed by atoms with Gasteiger partial charge < -0.3 is 15.4 Å². The standard InChI is InChI=1S/C12H17FN2O/c1-16-7-3-4-9-8-14-12-10(13)5-2-6-11(12)15-9/h2,5-6,9,14-15H,3-4,7-8H2,1H3. The van der Waals surface area contributed by atoms with Crippen LogP contribution in [0.25, 0.3) is 0 Å². The fraction of sp³-hybridized carbons (Fsp3) is 0.500. The number of nitrogens with one attached hydrogen (secondary N) is 2. The zero-order chi connectivity index (χ0) is 11.4. The van der Waals surface area contributed by atoms with Crippen molar-refractivity contribution < 1.29 is 9.13 Å². The molecule has 1 aliphatic rings. The van der Waals surface area contributed by atoms with Gasteiger partial charge in [-0.3, -0.25) is 0 Å². The molecule has 88 valence electrons. The maximum atomic E-state index is 13.4. The first-order chi connectivity index (χ1) is 7.81. The van der Waals surface area contributed by atoms with Crippen molar-refractivity contribution in [3.05, 3.63) is 24.0 Å². The smallest absolute Gasteiger partial charge is 0.148 e. The summed E-state index contributed by atoms with van der Waals surface area (Å²) in [5.41, 5.74) is 1.44. The molecule has 0 spiro atoms. The summed E-state index contributed by atoms with van der Waals surface area (Å²) in [6.07, 6.45) is 2.04. The van der Waals surface area contributed by atoms with Gasteiger partial charge >= 0.3 is 0 Å². The summed E-state index contributed by atoms with van der Waals surface area (Å²) in [6.45, 7) is 1.53. The number of para-hydroxylation sites is 1. The lowest BCUT2D eigenvalue weighted by Crippen LogP contribution is -2.33. The number of rotatable bonds is 4. The Hall–Kier alpha value is -1.29. The quantitative estimate of drug-likeness (QED) is 0.771. The van der Waals surface area contributed by atoms with Crippen LogP contribution in [0.1, 0.15) is 12.8 Å². The molecule has 1 aliphatic heterocycles. The Bertz CT molecular complexity index is 357. The largest absolute Gasteiger partial charge is 0.385 e. The molecule has 0 aliphatic carbocycles. The number of hydrogen-bond acceptors (Lipinski definition) is 3. The lowest BCUT2D eigenvalue weighted by Gasteiger charge is -2.28. The number of methoxy groups -OCH3 is 1. The summed E-state index contributed by atoms with van der Waals surface area (Å²) in [5.74, 6) is -0.194. The van der Waals surface area contributed by atoms with E-state index in [0.717, 1.165) is 31.7 Å². The maximum Gasteiger partial charge on any atom is 0.148 e. The third kappa shape index (κ3) is 2.44. The second kappa shape index (κ2) is 5.16. The third-order valence-electron chi connectivity index (χ3n) is 2.80. The molecule has 16 heavy (non-hydrogen) atoms. The Labute approximate surface area is 95.0 Å². The molecule has 0 fully saturated rings. The van der Waals surface area contributed by atoms with Gasteiger partial charge in [-0.05, 0) is 25.0 Å². The van der Waals surface area contributed by atoms with Crippen LogP contribution in [-0.4, -0.2) is 26.3 Å². The Morgan fingerprint density at radius 1 is 1.50 bits per heavy atom. The van der Waals surface area contributed by atoms with Gasteiger partial charge in [-0.25, -0.2) is 4.39 Å². The van der Waals surface area contributed by atoms with Crippen LogP contribution in [0.3, 0.4) is 0 Å². The summed E-state index contributed by atoms with van der Waals surface area (Å²) in [5, 5.41) is 6.47. The molecule has 2 rings (SSSR count). The number of halogens is 1. The van der Waals surface area contributed by atoms with Gasteiger partial charge in [-0.1, -0.05) is 6.07 Å². The van der Waals surface area contributed by atoms with E-state index in [9.17, 15) is 4.39 Å². The van der Waals surface area contributed by atoms with Crippen molar-refractivity contribution in [3.8, 4) is 0 Å². The highest BCUT2D eigenvalue weighted by molar-refractivity contribution is 5.71. The molecule has 1 aromatic rings. The third-order valence-corrected chi connectivity index (χ3v) is 2.80. The van der Waals surface area contributed by atoms with Crippen LogP contribution in [0.5, 0.6) is 0 Å². The number of fused-ring (bicyclic) bond motifs is 1. The minimum atomic E-state index is -0.194. The van der Waals surface area contributed by atoms with Gasteiger partial charge in [0, 0.05) is 26.3 Å². The molecule has 0 radical (unpaired) electrons. The van der Waals surface area contributed by atoms with Gasteiger partial charge in [0.15, 0.2) is 0 Å². The minimum Gasteiger partial charge on any atom is -0.385 e. The van der Waals surface area contributed by atoms with Crippen LogP contribution in [-0.2, 0) is 4.74 Å². The van der Waals surface area contributed by atoms with Crippen LogP contribution in [0, 0.1) is 5.82 Å². The molecule has 0 saturated heterocycles. The van der Waals surface area contributed by atoms with Crippen molar-refractivity contribution in [2.45, 2.75) is 18.9 Å². The normalized spacial score (nSPS) is 18.5. The van der Waals surface area contributed by atoms with E-state index in [-0.39, 0.29) is 5.82 Å². The molecule has 0 saturated carbocycles. The molecular weight excluding hydrogens is 207 g/mol. The van der Waals surface area contributed by atoms with Gasteiger partial charge in [-0.2, -0.15) is 0 Å². The molecule has 0 bridgehead atoms. The molecule has 2 N–H and O–H groups in total. The lowest BCUT2D eigenvalue weighted by molar-refractivity contribution is 0.191. The van der Waals surface area contributed by atoms with Crippen LogP contribution >= 0.6 is 0 Å². The zero-order valence-corrected chi connectivity index (χ0v) is 9.42. The average Bonchev–Trinajstić information content (AvgIpc) is 2.30. The fourth-order valence-corrected chi connectivity index (χ4v) is 1.97. The van der Waals surface area contributed by atoms with Gasteiger partial charge in [0.25, 0.3) is 0 Å². The summed E-state index contributed by atoms with van der Waals surface area (Å²) in [4.78, 5) is 0. The number of ether oxygens (including phenoxy) is 1. The van der Waals surface area contributed by atoms with Crippen molar-refractivity contribution in [3.63, 3.8) is 0 Å². The van der Waals surface area contributed by atoms with Crippen molar-refractivity contribution in [1.29, 1.82) is 0 Å². The van der Waals surface area contributed by atoms with Crippen molar-refractivity contribution in [1.82, 2.24) is 0 Å². The summed E-state index contributed by atoms with van der Waals surface area (Å²) in [6, 6.07) is 5.44. The van der Waals surface area contributed by atoms with E-state index in [1.54, 1.807) is 13.2 Å². The molecular formula is C12H17FN2O. The predicted octanol–water partition coefficient (Wildman–Crippen LogP) is 2.46. The van der Waals surface area contributed by atoms with E-state index in [1.807, 2.05) is 6.07 Å². The molecule has 1 heterocycles. The van der Waals surface area contributed by atoms with Crippen LogP contribution in [0.4, 0.5) is 15.8 Å². The monoisotopic (exact) mass is 224 g/mol. The van der Waals surface area contributed by atoms with Crippen LogP contribution in [0.2, 0.25) is 0 Å². The zero-order valence-electron chi connectivity index (χ0n) is 9.42. The van der Waals surface area contributed by atoms with Gasteiger partial charge in [-0.15, -0.1) is 0 Å². The molecule has 0 aromatic heterocycles. The highest BCUT2D eigenvalue weighted by atomic mass is 19.1. The van der Waals surface area contributed by atoms with E-state index in [0.29, 0.717) is 11.7 Å². The van der Waals surface area contributed by atoms with E-state index in [4.69, 9.17) is 4.74 Å². The topological polar surface area (TPSA) is 33.3 Å². The molecule has 1 atom stereocenters. The molecule has 4 heteroatoms. The van der Waals surface area contributed by atoms with E-state index in [2.05, 4.69) is 10.6 Å². The molecule has 1 aromatic carbocycles.